The summed E-state index contributed by atoms with van der Waals surface area (Å²) in [5.41, 5.74) is 1.43. The zero-order chi connectivity index (χ0) is 17.5. The van der Waals surface area contributed by atoms with Gasteiger partial charge in [0.15, 0.2) is 0 Å². The number of aliphatic carboxylic acids is 1. The van der Waals surface area contributed by atoms with Gasteiger partial charge in [-0.2, -0.15) is 0 Å². The molecule has 1 aliphatic rings. The Morgan fingerprint density at radius 3 is 2.71 bits per heavy atom. The standard InChI is InChI=1S/C18H25NO5/c1-3-24-16-10-14(5-4-12(16)2)17(20)19-11-15(18(21)22)13-6-8-23-9-7-13/h4-5,10,13,15H,3,6-9,11H2,1-2H3,(H,19,20)(H,21,22). The molecule has 0 saturated carbocycles. The molecule has 1 aromatic rings. The third-order valence-electron chi connectivity index (χ3n) is 4.38. The second-order valence-electron chi connectivity index (χ2n) is 6.02. The number of benzene rings is 1. The maximum atomic E-state index is 12.3. The van der Waals surface area contributed by atoms with Crippen molar-refractivity contribution < 1.29 is 24.2 Å². The molecule has 1 aromatic carbocycles. The van der Waals surface area contributed by atoms with E-state index in [1.165, 1.54) is 0 Å². The van der Waals surface area contributed by atoms with Crippen molar-refractivity contribution in [1.29, 1.82) is 0 Å². The van der Waals surface area contributed by atoms with Crippen molar-refractivity contribution in [1.82, 2.24) is 5.32 Å². The summed E-state index contributed by atoms with van der Waals surface area (Å²) >= 11 is 0. The Balaban J connectivity index is 2.00. The SMILES string of the molecule is CCOc1cc(C(=O)NCC(C(=O)O)C2CCOCC2)ccc1C. The number of carbonyl (C=O) groups excluding carboxylic acids is 1. The summed E-state index contributed by atoms with van der Waals surface area (Å²) in [4.78, 5) is 23.9. The minimum atomic E-state index is -0.874. The fourth-order valence-corrected chi connectivity index (χ4v) is 2.93. The van der Waals surface area contributed by atoms with Crippen LogP contribution in [0.5, 0.6) is 5.75 Å². The molecule has 1 amide bonds. The topological polar surface area (TPSA) is 84.9 Å². The summed E-state index contributed by atoms with van der Waals surface area (Å²) in [5, 5.41) is 12.2. The molecule has 6 heteroatoms. The molecular formula is C18H25NO5. The highest BCUT2D eigenvalue weighted by Gasteiger charge is 2.30. The normalized spacial score (nSPS) is 16.4. The smallest absolute Gasteiger partial charge is 0.308 e. The number of amides is 1. The Hall–Kier alpha value is -2.08. The van der Waals surface area contributed by atoms with Crippen LogP contribution in [-0.2, 0) is 9.53 Å². The second kappa shape index (κ2) is 8.68. The minimum Gasteiger partial charge on any atom is -0.494 e. The number of hydrogen-bond donors (Lipinski definition) is 2. The lowest BCUT2D eigenvalue weighted by molar-refractivity contribution is -0.144. The molecule has 24 heavy (non-hydrogen) atoms. The third kappa shape index (κ3) is 4.71. The van der Waals surface area contributed by atoms with E-state index in [0.717, 1.165) is 5.56 Å². The minimum absolute atomic E-state index is 0.0357. The molecule has 0 bridgehead atoms. The Morgan fingerprint density at radius 1 is 1.38 bits per heavy atom. The van der Waals surface area contributed by atoms with Crippen LogP contribution in [0.3, 0.4) is 0 Å². The quantitative estimate of drug-likeness (QED) is 0.798. The van der Waals surface area contributed by atoms with Gasteiger partial charge in [0, 0.05) is 25.3 Å². The van der Waals surface area contributed by atoms with E-state index in [-0.39, 0.29) is 18.4 Å². The maximum absolute atomic E-state index is 12.3. The number of carbonyl (C=O) groups is 2. The summed E-state index contributed by atoms with van der Waals surface area (Å²) in [6.07, 6.45) is 1.43. The van der Waals surface area contributed by atoms with Crippen LogP contribution >= 0.6 is 0 Å². The van der Waals surface area contributed by atoms with Gasteiger partial charge >= 0.3 is 5.97 Å². The van der Waals surface area contributed by atoms with Crippen molar-refractivity contribution in [3.8, 4) is 5.75 Å². The van der Waals surface area contributed by atoms with Gasteiger partial charge in [-0.25, -0.2) is 0 Å². The van der Waals surface area contributed by atoms with Crippen LogP contribution in [-0.4, -0.2) is 43.3 Å². The molecule has 1 atom stereocenters. The third-order valence-corrected chi connectivity index (χ3v) is 4.38. The van der Waals surface area contributed by atoms with Gasteiger partial charge in [0.25, 0.3) is 5.91 Å². The lowest BCUT2D eigenvalue weighted by Gasteiger charge is -2.27. The first-order chi connectivity index (χ1) is 11.5. The van der Waals surface area contributed by atoms with Crippen LogP contribution in [0.15, 0.2) is 18.2 Å². The van der Waals surface area contributed by atoms with Crippen molar-refractivity contribution in [3.63, 3.8) is 0 Å². The van der Waals surface area contributed by atoms with E-state index in [0.29, 0.717) is 44.0 Å². The van der Waals surface area contributed by atoms with Gasteiger partial charge in [-0.1, -0.05) is 6.07 Å². The Morgan fingerprint density at radius 2 is 2.08 bits per heavy atom. The van der Waals surface area contributed by atoms with E-state index >= 15 is 0 Å². The first-order valence-corrected chi connectivity index (χ1v) is 8.35. The highest BCUT2D eigenvalue weighted by Crippen LogP contribution is 2.24. The number of hydrogen-bond acceptors (Lipinski definition) is 4. The van der Waals surface area contributed by atoms with Crippen LogP contribution in [0.25, 0.3) is 0 Å². The van der Waals surface area contributed by atoms with Crippen molar-refractivity contribution in [2.45, 2.75) is 26.7 Å². The predicted molar refractivity (Wildman–Crippen MR) is 89.4 cm³/mol. The van der Waals surface area contributed by atoms with Gasteiger partial charge in [-0.15, -0.1) is 0 Å². The predicted octanol–water partition coefficient (Wildman–Crippen LogP) is 2.25. The number of carboxylic acids is 1. The monoisotopic (exact) mass is 335 g/mol. The molecule has 6 nitrogen and oxygen atoms in total. The molecule has 132 valence electrons. The van der Waals surface area contributed by atoms with E-state index in [1.807, 2.05) is 19.9 Å². The molecule has 2 N–H and O–H groups in total. The molecule has 0 aliphatic carbocycles. The molecule has 0 aromatic heterocycles. The molecule has 0 radical (unpaired) electrons. The fraction of sp³-hybridized carbons (Fsp3) is 0.556. The lowest BCUT2D eigenvalue weighted by atomic mass is 9.86. The van der Waals surface area contributed by atoms with E-state index in [4.69, 9.17) is 9.47 Å². The number of nitrogens with one attached hydrogen (secondary N) is 1. The van der Waals surface area contributed by atoms with Crippen molar-refractivity contribution in [3.05, 3.63) is 29.3 Å². The van der Waals surface area contributed by atoms with Crippen LogP contribution in [0.4, 0.5) is 0 Å². The average molecular weight is 335 g/mol. The fourth-order valence-electron chi connectivity index (χ4n) is 2.93. The van der Waals surface area contributed by atoms with E-state index in [9.17, 15) is 14.7 Å². The number of ether oxygens (including phenoxy) is 2. The molecule has 1 saturated heterocycles. The van der Waals surface area contributed by atoms with Gasteiger partial charge in [-0.05, 0) is 50.3 Å². The van der Waals surface area contributed by atoms with Crippen molar-refractivity contribution in [2.24, 2.45) is 11.8 Å². The summed E-state index contributed by atoms with van der Waals surface area (Å²) in [5.74, 6) is -1.04. The molecule has 1 unspecified atom stereocenters. The highest BCUT2D eigenvalue weighted by atomic mass is 16.5. The van der Waals surface area contributed by atoms with Gasteiger partial charge in [0.05, 0.1) is 12.5 Å². The molecular weight excluding hydrogens is 310 g/mol. The van der Waals surface area contributed by atoms with Gasteiger partial charge in [-0.3, -0.25) is 9.59 Å². The Labute approximate surface area is 142 Å². The molecule has 0 spiro atoms. The van der Waals surface area contributed by atoms with E-state index in [2.05, 4.69) is 5.32 Å². The van der Waals surface area contributed by atoms with E-state index in [1.54, 1.807) is 12.1 Å². The highest BCUT2D eigenvalue weighted by molar-refractivity contribution is 5.95. The van der Waals surface area contributed by atoms with E-state index < -0.39 is 11.9 Å². The van der Waals surface area contributed by atoms with Crippen LogP contribution < -0.4 is 10.1 Å². The first kappa shape index (κ1) is 18.3. The number of carboxylic acid groups (broad SMARTS) is 1. The molecule has 1 heterocycles. The lowest BCUT2D eigenvalue weighted by Crippen LogP contribution is -2.39. The summed E-state index contributed by atoms with van der Waals surface area (Å²) in [6.45, 7) is 5.61. The first-order valence-electron chi connectivity index (χ1n) is 8.35. The van der Waals surface area contributed by atoms with Crippen molar-refractivity contribution in [2.75, 3.05) is 26.4 Å². The zero-order valence-electron chi connectivity index (χ0n) is 14.2. The van der Waals surface area contributed by atoms with Gasteiger partial charge < -0.3 is 19.9 Å². The van der Waals surface area contributed by atoms with Crippen LogP contribution in [0, 0.1) is 18.8 Å². The van der Waals surface area contributed by atoms with Crippen LogP contribution in [0.2, 0.25) is 0 Å². The van der Waals surface area contributed by atoms with Gasteiger partial charge in [0.2, 0.25) is 0 Å². The number of aryl methyl sites for hydroxylation is 1. The summed E-state index contributed by atoms with van der Waals surface area (Å²) in [6, 6.07) is 5.24. The largest absolute Gasteiger partial charge is 0.494 e. The molecule has 1 fully saturated rings. The Kier molecular flexibility index (Phi) is 6.61. The van der Waals surface area contributed by atoms with Crippen LogP contribution in [0.1, 0.15) is 35.7 Å². The molecule has 2 rings (SSSR count). The maximum Gasteiger partial charge on any atom is 0.308 e. The second-order valence-corrected chi connectivity index (χ2v) is 6.02. The Bertz CT molecular complexity index is 581. The number of rotatable bonds is 7. The van der Waals surface area contributed by atoms with Crippen molar-refractivity contribution >= 4 is 11.9 Å². The van der Waals surface area contributed by atoms with Gasteiger partial charge in [0.1, 0.15) is 5.75 Å². The zero-order valence-corrected chi connectivity index (χ0v) is 14.2. The summed E-state index contributed by atoms with van der Waals surface area (Å²) < 4.78 is 10.8. The average Bonchev–Trinajstić information content (AvgIpc) is 2.57. The summed E-state index contributed by atoms with van der Waals surface area (Å²) in [7, 11) is 0. The molecule has 1 aliphatic heterocycles.